The molecule has 22 heavy (non-hydrogen) atoms. The molecule has 1 saturated heterocycles. The van der Waals surface area contributed by atoms with E-state index in [9.17, 15) is 0 Å². The number of aliphatic imine (C=N–C) groups is 1. The van der Waals surface area contributed by atoms with Gasteiger partial charge < -0.3 is 15.1 Å². The first-order valence-corrected chi connectivity index (χ1v) is 8.58. The Bertz CT molecular complexity index is 432. The molecule has 1 aliphatic heterocycles. The fourth-order valence-electron chi connectivity index (χ4n) is 3.11. The monoisotopic (exact) mass is 306 g/mol. The van der Waals surface area contributed by atoms with Gasteiger partial charge in [0.1, 0.15) is 5.76 Å². The van der Waals surface area contributed by atoms with Crippen molar-refractivity contribution in [3.8, 4) is 0 Å². The van der Waals surface area contributed by atoms with E-state index < -0.39 is 0 Å². The summed E-state index contributed by atoms with van der Waals surface area (Å²) >= 11 is 0. The fraction of sp³-hybridized carbons (Fsp3) is 0.706. The van der Waals surface area contributed by atoms with Gasteiger partial charge in [0.25, 0.3) is 0 Å². The third-order valence-electron chi connectivity index (χ3n) is 4.48. The van der Waals surface area contributed by atoms with Crippen LogP contribution in [0.15, 0.2) is 27.8 Å². The van der Waals surface area contributed by atoms with E-state index >= 15 is 0 Å². The minimum absolute atomic E-state index is 0.163. The molecular formula is C17H30N4O. The van der Waals surface area contributed by atoms with Crippen molar-refractivity contribution in [3.63, 3.8) is 0 Å². The van der Waals surface area contributed by atoms with Crippen LogP contribution in [-0.4, -0.2) is 48.5 Å². The molecule has 2 N–H and O–H groups in total. The lowest BCUT2D eigenvalue weighted by atomic mass is 10.2. The first-order valence-electron chi connectivity index (χ1n) is 8.58. The number of hydrogen-bond donors (Lipinski definition) is 1. The van der Waals surface area contributed by atoms with E-state index in [1.165, 1.54) is 25.7 Å². The summed E-state index contributed by atoms with van der Waals surface area (Å²) in [5.41, 5.74) is 6.23. The number of guanidine groups is 1. The first-order chi connectivity index (χ1) is 10.8. The Morgan fingerprint density at radius 2 is 1.95 bits per heavy atom. The zero-order chi connectivity index (χ0) is 15.8. The molecule has 1 aromatic heterocycles. The van der Waals surface area contributed by atoms with Crippen molar-refractivity contribution in [2.75, 3.05) is 32.7 Å². The van der Waals surface area contributed by atoms with Crippen molar-refractivity contribution in [1.82, 2.24) is 9.80 Å². The highest BCUT2D eigenvalue weighted by Gasteiger charge is 2.21. The lowest BCUT2D eigenvalue weighted by molar-refractivity contribution is 0.198. The zero-order valence-corrected chi connectivity index (χ0v) is 14.0. The Balaban J connectivity index is 2.04. The van der Waals surface area contributed by atoms with Crippen molar-refractivity contribution < 1.29 is 4.42 Å². The van der Waals surface area contributed by atoms with Crippen LogP contribution in [0.1, 0.15) is 51.3 Å². The molecule has 1 atom stereocenters. The highest BCUT2D eigenvalue weighted by atomic mass is 16.3. The molecule has 2 rings (SSSR count). The zero-order valence-electron chi connectivity index (χ0n) is 14.0. The van der Waals surface area contributed by atoms with E-state index in [0.29, 0.717) is 12.5 Å². The van der Waals surface area contributed by atoms with Crippen LogP contribution >= 0.6 is 0 Å². The summed E-state index contributed by atoms with van der Waals surface area (Å²) in [6.45, 7) is 9.00. The second kappa shape index (κ2) is 8.83. The Morgan fingerprint density at radius 1 is 1.27 bits per heavy atom. The lowest BCUT2D eigenvalue weighted by Gasteiger charge is -2.28. The molecule has 0 radical (unpaired) electrons. The average Bonchev–Trinajstić information content (AvgIpc) is 2.92. The Morgan fingerprint density at radius 3 is 2.50 bits per heavy atom. The van der Waals surface area contributed by atoms with Crippen molar-refractivity contribution in [2.24, 2.45) is 10.7 Å². The molecule has 0 aliphatic carbocycles. The third-order valence-corrected chi connectivity index (χ3v) is 4.48. The number of rotatable bonds is 6. The van der Waals surface area contributed by atoms with Crippen LogP contribution in [0, 0.1) is 0 Å². The summed E-state index contributed by atoms with van der Waals surface area (Å²) in [7, 11) is 0. The molecule has 124 valence electrons. The molecule has 2 heterocycles. The van der Waals surface area contributed by atoms with E-state index in [1.807, 2.05) is 12.1 Å². The topological polar surface area (TPSA) is 58.0 Å². The molecular weight excluding hydrogens is 276 g/mol. The van der Waals surface area contributed by atoms with Crippen LogP contribution in [0.25, 0.3) is 0 Å². The molecule has 5 nitrogen and oxygen atoms in total. The van der Waals surface area contributed by atoms with Gasteiger partial charge in [-0.1, -0.05) is 26.7 Å². The van der Waals surface area contributed by atoms with Gasteiger partial charge in [0.2, 0.25) is 0 Å². The third kappa shape index (κ3) is 4.50. The molecule has 5 heteroatoms. The quantitative estimate of drug-likeness (QED) is 0.648. The van der Waals surface area contributed by atoms with Gasteiger partial charge in [0.05, 0.1) is 18.8 Å². The predicted molar refractivity (Wildman–Crippen MR) is 90.9 cm³/mol. The second-order valence-electron chi connectivity index (χ2n) is 5.85. The van der Waals surface area contributed by atoms with Gasteiger partial charge >= 0.3 is 0 Å². The first kappa shape index (κ1) is 16.9. The highest BCUT2D eigenvalue weighted by molar-refractivity contribution is 5.78. The van der Waals surface area contributed by atoms with Crippen LogP contribution in [0.4, 0.5) is 0 Å². The van der Waals surface area contributed by atoms with E-state index in [4.69, 9.17) is 10.2 Å². The Kier molecular flexibility index (Phi) is 6.77. The van der Waals surface area contributed by atoms with E-state index in [0.717, 1.165) is 31.9 Å². The highest BCUT2D eigenvalue weighted by Crippen LogP contribution is 2.21. The van der Waals surface area contributed by atoms with Gasteiger partial charge in [-0.15, -0.1) is 0 Å². The van der Waals surface area contributed by atoms with Gasteiger partial charge in [-0.05, 0) is 38.1 Å². The minimum atomic E-state index is 0.163. The number of furan rings is 1. The molecule has 1 unspecified atom stereocenters. The van der Waals surface area contributed by atoms with Crippen LogP contribution in [-0.2, 0) is 0 Å². The molecule has 1 aromatic rings. The summed E-state index contributed by atoms with van der Waals surface area (Å²) in [4.78, 5) is 9.27. The number of nitrogens with two attached hydrogens (primary N) is 1. The summed E-state index contributed by atoms with van der Waals surface area (Å²) < 4.78 is 5.61. The summed E-state index contributed by atoms with van der Waals surface area (Å²) in [5.74, 6) is 1.65. The van der Waals surface area contributed by atoms with E-state index in [2.05, 4.69) is 28.6 Å². The van der Waals surface area contributed by atoms with E-state index in [1.54, 1.807) is 6.26 Å². The number of likely N-dealkylation sites (tertiary alicyclic amines) is 1. The van der Waals surface area contributed by atoms with E-state index in [-0.39, 0.29) is 6.04 Å². The van der Waals surface area contributed by atoms with Gasteiger partial charge in [-0.2, -0.15) is 0 Å². The largest absolute Gasteiger partial charge is 0.468 e. The molecule has 1 aliphatic rings. The van der Waals surface area contributed by atoms with Crippen molar-refractivity contribution in [2.45, 2.75) is 45.6 Å². The van der Waals surface area contributed by atoms with Gasteiger partial charge in [-0.25, -0.2) is 0 Å². The average molecular weight is 306 g/mol. The summed E-state index contributed by atoms with van der Waals surface area (Å²) in [5, 5.41) is 0. The fourth-order valence-corrected chi connectivity index (χ4v) is 3.11. The van der Waals surface area contributed by atoms with Gasteiger partial charge in [0, 0.05) is 13.1 Å². The van der Waals surface area contributed by atoms with Gasteiger partial charge in [-0.3, -0.25) is 9.89 Å². The Labute approximate surface area is 134 Å². The van der Waals surface area contributed by atoms with Crippen LogP contribution < -0.4 is 5.73 Å². The summed E-state index contributed by atoms with van der Waals surface area (Å²) in [6.07, 6.45) is 6.77. The summed E-state index contributed by atoms with van der Waals surface area (Å²) in [6, 6.07) is 4.13. The minimum Gasteiger partial charge on any atom is -0.468 e. The van der Waals surface area contributed by atoms with Gasteiger partial charge in [0.15, 0.2) is 5.96 Å². The number of nitrogens with zero attached hydrogens (tertiary/aromatic N) is 3. The van der Waals surface area contributed by atoms with Crippen molar-refractivity contribution >= 4 is 5.96 Å². The maximum Gasteiger partial charge on any atom is 0.191 e. The van der Waals surface area contributed by atoms with Crippen molar-refractivity contribution in [1.29, 1.82) is 0 Å². The number of hydrogen-bond acceptors (Lipinski definition) is 3. The molecule has 0 bridgehead atoms. The standard InChI is InChI=1S/C17H30N4O/c1-3-20(4-2)15(16-10-9-13-22-16)14-19-17(18)21-11-7-5-6-8-12-21/h9-10,13,15H,3-8,11-12,14H2,1-2H3,(H2,18,19). The lowest BCUT2D eigenvalue weighted by Crippen LogP contribution is -2.39. The van der Waals surface area contributed by atoms with Crippen molar-refractivity contribution in [3.05, 3.63) is 24.2 Å². The van der Waals surface area contributed by atoms with Crippen LogP contribution in [0.2, 0.25) is 0 Å². The maximum absolute atomic E-state index is 6.23. The molecule has 0 saturated carbocycles. The predicted octanol–water partition coefficient (Wildman–Crippen LogP) is 2.85. The number of likely N-dealkylation sites (N-methyl/N-ethyl adjacent to an activating group) is 1. The molecule has 0 amide bonds. The molecule has 0 spiro atoms. The second-order valence-corrected chi connectivity index (χ2v) is 5.85. The SMILES string of the molecule is CCN(CC)C(CN=C(N)N1CCCCCC1)c1ccco1. The van der Waals surface area contributed by atoms with Crippen LogP contribution in [0.5, 0.6) is 0 Å². The molecule has 0 aromatic carbocycles. The molecule has 1 fully saturated rings. The Hall–Kier alpha value is -1.49. The van der Waals surface area contributed by atoms with Crippen LogP contribution in [0.3, 0.4) is 0 Å². The maximum atomic E-state index is 6.23. The smallest absolute Gasteiger partial charge is 0.191 e. The normalized spacial score (nSPS) is 18.5.